The summed E-state index contributed by atoms with van der Waals surface area (Å²) in [6.07, 6.45) is 28.4. The first-order valence-corrected chi connectivity index (χ1v) is 24.1. The van der Waals surface area contributed by atoms with Gasteiger partial charge >= 0.3 is 0 Å². The van der Waals surface area contributed by atoms with Crippen LogP contribution in [0, 0.1) is 0 Å². The Morgan fingerprint density at radius 3 is 1.48 bits per heavy atom. The number of hydrogen-bond acceptors (Lipinski definition) is 10. The van der Waals surface area contributed by atoms with Gasteiger partial charge in [-0.05, 0) is 38.5 Å². The summed E-state index contributed by atoms with van der Waals surface area (Å²) in [5.41, 5.74) is 0. The molecule has 0 aromatic carbocycles. The van der Waals surface area contributed by atoms with Crippen molar-refractivity contribution in [1.82, 2.24) is 5.32 Å². The molecule has 0 aromatic heterocycles. The Morgan fingerprint density at radius 1 is 0.586 bits per heavy atom. The second-order valence-electron chi connectivity index (χ2n) is 17.2. The van der Waals surface area contributed by atoms with E-state index in [0.29, 0.717) is 12.8 Å². The molecule has 1 aliphatic rings. The van der Waals surface area contributed by atoms with Gasteiger partial charge in [0.05, 0.1) is 25.4 Å². The normalized spacial score (nSPS) is 22.0. The largest absolute Gasteiger partial charge is 0.394 e. The fourth-order valence-corrected chi connectivity index (χ4v) is 7.79. The van der Waals surface area contributed by atoms with E-state index in [1.165, 1.54) is 135 Å². The molecule has 0 spiro atoms. The number of aliphatic hydroxyl groups excluding tert-OH is 7. The Bertz CT molecular complexity index is 954. The van der Waals surface area contributed by atoms with Crippen LogP contribution in [0.3, 0.4) is 0 Å². The lowest BCUT2D eigenvalue weighted by molar-refractivity contribution is -0.303. The van der Waals surface area contributed by atoms with E-state index in [4.69, 9.17) is 9.47 Å². The third-order valence-corrected chi connectivity index (χ3v) is 11.8. The number of nitrogens with one attached hydrogen (secondary N) is 1. The predicted octanol–water partition coefficient (Wildman–Crippen LogP) is 8.06. The summed E-state index contributed by atoms with van der Waals surface area (Å²) in [5.74, 6) is -0.704. The predicted molar refractivity (Wildman–Crippen MR) is 233 cm³/mol. The lowest BCUT2D eigenvalue weighted by Gasteiger charge is -2.40. The summed E-state index contributed by atoms with van der Waals surface area (Å²) in [6, 6.07) is -1.18. The summed E-state index contributed by atoms with van der Waals surface area (Å²) in [5, 5.41) is 75.6. The first-order valence-electron chi connectivity index (χ1n) is 24.1. The Hall–Kier alpha value is -1.15. The van der Waals surface area contributed by atoms with E-state index in [2.05, 4.69) is 31.3 Å². The van der Waals surface area contributed by atoms with E-state index in [1.807, 2.05) is 0 Å². The number of rotatable bonds is 40. The average Bonchev–Trinajstić information content (AvgIpc) is 3.22. The minimum atomic E-state index is -1.66. The number of unbranched alkanes of at least 4 members (excludes halogenated alkanes) is 26. The van der Waals surface area contributed by atoms with Crippen LogP contribution in [-0.4, -0.2) is 110 Å². The maximum atomic E-state index is 13.1. The monoisotopic (exact) mass is 830 g/mol. The van der Waals surface area contributed by atoms with Crippen LogP contribution in [0.5, 0.6) is 0 Å². The number of amides is 1. The molecule has 344 valence electrons. The van der Waals surface area contributed by atoms with Crippen molar-refractivity contribution in [1.29, 1.82) is 0 Å². The van der Waals surface area contributed by atoms with Gasteiger partial charge in [0.1, 0.15) is 36.6 Å². The van der Waals surface area contributed by atoms with Crippen LogP contribution in [0.4, 0.5) is 0 Å². The highest BCUT2D eigenvalue weighted by molar-refractivity contribution is 5.80. The second-order valence-corrected chi connectivity index (χ2v) is 17.2. The molecule has 9 unspecified atom stereocenters. The zero-order chi connectivity index (χ0) is 42.6. The number of carbonyl (C=O) groups excluding carboxylic acids is 1. The fraction of sp³-hybridized carbons (Fsp3) is 0.936. The van der Waals surface area contributed by atoms with Gasteiger partial charge in [0.2, 0.25) is 5.91 Å². The van der Waals surface area contributed by atoms with Gasteiger partial charge < -0.3 is 50.5 Å². The van der Waals surface area contributed by atoms with Gasteiger partial charge in [-0.2, -0.15) is 0 Å². The highest BCUT2D eigenvalue weighted by atomic mass is 16.7. The van der Waals surface area contributed by atoms with E-state index in [0.717, 1.165) is 38.5 Å². The Kier molecular flexibility index (Phi) is 35.6. The molecular formula is C47H91NO10. The SMILES string of the molecule is CCCCCCCCC/C=C/CCCC(O)C(O)C(COC1OC(CO)C(O)C(O)C1O)NC(=O)C(O)CCCCCCCCCCCCCCCCCCCCC. The van der Waals surface area contributed by atoms with Gasteiger partial charge in [-0.15, -0.1) is 0 Å². The minimum absolute atomic E-state index is 0.259. The molecule has 11 nitrogen and oxygen atoms in total. The third kappa shape index (κ3) is 26.9. The quantitative estimate of drug-likeness (QED) is 0.0222. The van der Waals surface area contributed by atoms with Gasteiger partial charge in [0, 0.05) is 0 Å². The van der Waals surface area contributed by atoms with Crippen LogP contribution in [0.2, 0.25) is 0 Å². The zero-order valence-corrected chi connectivity index (χ0v) is 37.0. The van der Waals surface area contributed by atoms with E-state index in [-0.39, 0.29) is 12.8 Å². The molecule has 1 heterocycles. The van der Waals surface area contributed by atoms with Crippen LogP contribution in [0.1, 0.15) is 213 Å². The molecule has 1 rings (SSSR count). The zero-order valence-electron chi connectivity index (χ0n) is 37.0. The van der Waals surface area contributed by atoms with Crippen molar-refractivity contribution in [2.24, 2.45) is 0 Å². The van der Waals surface area contributed by atoms with Crippen molar-refractivity contribution in [3.05, 3.63) is 12.2 Å². The first kappa shape index (κ1) is 54.9. The molecule has 8 N–H and O–H groups in total. The molecular weight excluding hydrogens is 739 g/mol. The van der Waals surface area contributed by atoms with Crippen LogP contribution in [0.15, 0.2) is 12.2 Å². The van der Waals surface area contributed by atoms with Gasteiger partial charge in [-0.3, -0.25) is 4.79 Å². The molecule has 11 heteroatoms. The number of ether oxygens (including phenoxy) is 2. The van der Waals surface area contributed by atoms with Crippen LogP contribution >= 0.6 is 0 Å². The molecule has 0 saturated carbocycles. The second kappa shape index (κ2) is 37.6. The maximum Gasteiger partial charge on any atom is 0.249 e. The standard InChI is InChI=1S/C47H91NO10/c1-3-5-7-9-11-13-15-17-18-19-20-21-22-23-25-27-29-31-33-35-40(51)46(56)48-38(37-57-47-45(55)44(54)43(53)41(36-49)58-47)42(52)39(50)34-32-30-28-26-24-16-14-12-10-8-6-4-2/h26,28,38-45,47,49-55H,3-25,27,29-37H2,1-2H3,(H,48,56)/b28-26+. The van der Waals surface area contributed by atoms with Crippen LogP contribution < -0.4 is 5.32 Å². The van der Waals surface area contributed by atoms with E-state index in [9.17, 15) is 40.5 Å². The highest BCUT2D eigenvalue weighted by Gasteiger charge is 2.44. The molecule has 0 aliphatic carbocycles. The van der Waals surface area contributed by atoms with Crippen molar-refractivity contribution in [2.75, 3.05) is 13.2 Å². The number of hydrogen-bond donors (Lipinski definition) is 8. The number of allylic oxidation sites excluding steroid dienone is 2. The van der Waals surface area contributed by atoms with E-state index >= 15 is 0 Å². The Labute approximate surface area is 353 Å². The number of aliphatic hydroxyl groups is 7. The molecule has 1 saturated heterocycles. The minimum Gasteiger partial charge on any atom is -0.394 e. The molecule has 0 bridgehead atoms. The van der Waals surface area contributed by atoms with Gasteiger partial charge in [-0.25, -0.2) is 0 Å². The summed E-state index contributed by atoms with van der Waals surface area (Å²) < 4.78 is 11.1. The third-order valence-electron chi connectivity index (χ3n) is 11.8. The molecule has 1 aliphatic heterocycles. The van der Waals surface area contributed by atoms with Gasteiger partial charge in [0.15, 0.2) is 6.29 Å². The summed E-state index contributed by atoms with van der Waals surface area (Å²) in [4.78, 5) is 13.1. The van der Waals surface area contributed by atoms with Crippen LogP contribution in [-0.2, 0) is 14.3 Å². The van der Waals surface area contributed by atoms with Gasteiger partial charge in [0.25, 0.3) is 0 Å². The summed E-state index contributed by atoms with van der Waals surface area (Å²) in [6.45, 7) is 3.42. The first-order chi connectivity index (χ1) is 28.2. The fourth-order valence-electron chi connectivity index (χ4n) is 7.79. The van der Waals surface area contributed by atoms with Gasteiger partial charge in [-0.1, -0.05) is 187 Å². The summed E-state index contributed by atoms with van der Waals surface area (Å²) >= 11 is 0. The molecule has 58 heavy (non-hydrogen) atoms. The number of carbonyl (C=O) groups is 1. The van der Waals surface area contributed by atoms with Crippen molar-refractivity contribution >= 4 is 5.91 Å². The lowest BCUT2D eigenvalue weighted by atomic mass is 9.98. The highest BCUT2D eigenvalue weighted by Crippen LogP contribution is 2.23. The molecule has 0 radical (unpaired) electrons. The van der Waals surface area contributed by atoms with E-state index in [1.54, 1.807) is 0 Å². The topological polar surface area (TPSA) is 189 Å². The Morgan fingerprint density at radius 2 is 1.02 bits per heavy atom. The molecule has 9 atom stereocenters. The van der Waals surface area contributed by atoms with Crippen molar-refractivity contribution < 1.29 is 50.0 Å². The maximum absolute atomic E-state index is 13.1. The lowest BCUT2D eigenvalue weighted by Crippen LogP contribution is -2.60. The average molecular weight is 830 g/mol. The van der Waals surface area contributed by atoms with Crippen molar-refractivity contribution in [3.63, 3.8) is 0 Å². The van der Waals surface area contributed by atoms with Crippen LogP contribution in [0.25, 0.3) is 0 Å². The van der Waals surface area contributed by atoms with Crippen molar-refractivity contribution in [3.8, 4) is 0 Å². The van der Waals surface area contributed by atoms with Crippen molar-refractivity contribution in [2.45, 2.75) is 268 Å². The summed E-state index contributed by atoms with van der Waals surface area (Å²) in [7, 11) is 0. The molecule has 1 fully saturated rings. The van der Waals surface area contributed by atoms with E-state index < -0.39 is 74.2 Å². The molecule has 1 amide bonds. The molecule has 0 aromatic rings. The smallest absolute Gasteiger partial charge is 0.249 e. The Balaban J connectivity index is 2.41.